The Morgan fingerprint density at radius 3 is 2.79 bits per heavy atom. The summed E-state index contributed by atoms with van der Waals surface area (Å²) >= 11 is 0. The van der Waals surface area contributed by atoms with Crippen LogP contribution >= 0.6 is 0 Å². The van der Waals surface area contributed by atoms with Crippen LogP contribution in [0, 0.1) is 6.92 Å². The van der Waals surface area contributed by atoms with Gasteiger partial charge in [0.2, 0.25) is 10.0 Å². The Morgan fingerprint density at radius 1 is 1.29 bits per heavy atom. The molecule has 1 aliphatic heterocycles. The van der Waals surface area contributed by atoms with Gasteiger partial charge in [0.1, 0.15) is 5.76 Å². The highest BCUT2D eigenvalue weighted by molar-refractivity contribution is 7.89. The van der Waals surface area contributed by atoms with E-state index in [1.54, 1.807) is 6.07 Å². The van der Waals surface area contributed by atoms with Crippen LogP contribution in [0.15, 0.2) is 28.7 Å². The van der Waals surface area contributed by atoms with Gasteiger partial charge < -0.3 is 15.1 Å². The number of nitrogens with one attached hydrogen (secondary N) is 2. The second kappa shape index (κ2) is 6.82. The third-order valence-corrected chi connectivity index (χ3v) is 5.89. The smallest absolute Gasteiger partial charge is 0.319 e. The fourth-order valence-electron chi connectivity index (χ4n) is 2.85. The summed E-state index contributed by atoms with van der Waals surface area (Å²) in [5.74, 6) is 0.668. The van der Waals surface area contributed by atoms with Crippen LogP contribution in [-0.4, -0.2) is 44.1 Å². The number of carbonyl (C=O) groups excluding carboxylic acids is 1. The van der Waals surface area contributed by atoms with Crippen molar-refractivity contribution in [3.05, 3.63) is 30.0 Å². The zero-order valence-electron chi connectivity index (χ0n) is 13.5. The van der Waals surface area contributed by atoms with E-state index in [-0.39, 0.29) is 12.3 Å². The van der Waals surface area contributed by atoms with Gasteiger partial charge in [-0.1, -0.05) is 12.1 Å². The highest BCUT2D eigenvalue weighted by Gasteiger charge is 2.24. The Bertz CT molecular complexity index is 838. The molecular weight excluding hydrogens is 330 g/mol. The van der Waals surface area contributed by atoms with Crippen molar-refractivity contribution in [2.45, 2.75) is 19.8 Å². The molecule has 3 rings (SSSR count). The first-order chi connectivity index (χ1) is 11.5. The second-order valence-electron chi connectivity index (χ2n) is 5.88. The van der Waals surface area contributed by atoms with Crippen LogP contribution in [0.3, 0.4) is 0 Å². The van der Waals surface area contributed by atoms with E-state index in [2.05, 4.69) is 10.6 Å². The lowest BCUT2D eigenvalue weighted by Crippen LogP contribution is -2.37. The normalized spacial score (nSPS) is 15.7. The Kier molecular flexibility index (Phi) is 4.77. The first-order valence-electron chi connectivity index (χ1n) is 7.97. The van der Waals surface area contributed by atoms with E-state index in [0.717, 1.165) is 24.0 Å². The Morgan fingerprint density at radius 2 is 2.04 bits per heavy atom. The Hall–Kier alpha value is -2.06. The highest BCUT2D eigenvalue weighted by atomic mass is 32.2. The van der Waals surface area contributed by atoms with Crippen molar-refractivity contribution in [3.8, 4) is 0 Å². The summed E-state index contributed by atoms with van der Waals surface area (Å²) < 4.78 is 31.2. The molecule has 0 saturated carbocycles. The van der Waals surface area contributed by atoms with Crippen LogP contribution in [0.1, 0.15) is 18.6 Å². The largest absolute Gasteiger partial charge is 0.459 e. The zero-order valence-corrected chi connectivity index (χ0v) is 14.4. The maximum atomic E-state index is 12.1. The lowest BCUT2D eigenvalue weighted by Gasteiger charge is -2.15. The van der Waals surface area contributed by atoms with Gasteiger partial charge in [0, 0.05) is 25.0 Å². The number of anilines is 1. The van der Waals surface area contributed by atoms with Crippen molar-refractivity contribution in [2.75, 3.05) is 30.7 Å². The SMILES string of the molecule is Cc1cc2cccc(NC(=O)NCCS(=O)(=O)N3CCCC3)c2o1. The number of carbonyl (C=O) groups is 1. The minimum absolute atomic E-state index is 0.0673. The summed E-state index contributed by atoms with van der Waals surface area (Å²) in [7, 11) is -3.29. The average molecular weight is 351 g/mol. The Balaban J connectivity index is 1.55. The summed E-state index contributed by atoms with van der Waals surface area (Å²) in [4.78, 5) is 12.0. The summed E-state index contributed by atoms with van der Waals surface area (Å²) in [6.45, 7) is 3.06. The molecule has 0 atom stereocenters. The number of furan rings is 1. The maximum Gasteiger partial charge on any atom is 0.319 e. The molecule has 2 aromatic rings. The van der Waals surface area contributed by atoms with Gasteiger partial charge in [-0.05, 0) is 31.9 Å². The lowest BCUT2D eigenvalue weighted by molar-refractivity contribution is 0.252. The van der Waals surface area contributed by atoms with Crippen LogP contribution < -0.4 is 10.6 Å². The van der Waals surface area contributed by atoms with E-state index in [9.17, 15) is 13.2 Å². The molecule has 1 fully saturated rings. The van der Waals surface area contributed by atoms with Crippen molar-refractivity contribution >= 4 is 32.7 Å². The number of benzene rings is 1. The number of aryl methyl sites for hydroxylation is 1. The minimum Gasteiger partial charge on any atom is -0.459 e. The van der Waals surface area contributed by atoms with E-state index in [4.69, 9.17) is 4.42 Å². The molecule has 0 aliphatic carbocycles. The Labute approximate surface area is 141 Å². The first kappa shape index (κ1) is 16.8. The summed E-state index contributed by atoms with van der Waals surface area (Å²) in [5, 5.41) is 6.19. The molecule has 2 N–H and O–H groups in total. The highest BCUT2D eigenvalue weighted by Crippen LogP contribution is 2.26. The molecule has 0 spiro atoms. The van der Waals surface area contributed by atoms with E-state index in [0.29, 0.717) is 24.4 Å². The number of nitrogens with zero attached hydrogens (tertiary/aromatic N) is 1. The van der Waals surface area contributed by atoms with Crippen molar-refractivity contribution in [1.82, 2.24) is 9.62 Å². The molecule has 8 heteroatoms. The molecule has 2 amide bonds. The topological polar surface area (TPSA) is 91.7 Å². The fourth-order valence-corrected chi connectivity index (χ4v) is 4.28. The van der Waals surface area contributed by atoms with E-state index in [1.807, 2.05) is 25.1 Å². The number of urea groups is 1. The quantitative estimate of drug-likeness (QED) is 0.864. The molecule has 24 heavy (non-hydrogen) atoms. The van der Waals surface area contributed by atoms with Gasteiger partial charge in [-0.25, -0.2) is 17.5 Å². The van der Waals surface area contributed by atoms with Gasteiger partial charge >= 0.3 is 6.03 Å². The van der Waals surface area contributed by atoms with E-state index in [1.165, 1.54) is 4.31 Å². The van der Waals surface area contributed by atoms with Gasteiger partial charge in [-0.2, -0.15) is 0 Å². The predicted molar refractivity (Wildman–Crippen MR) is 92.6 cm³/mol. The third kappa shape index (κ3) is 3.70. The number of fused-ring (bicyclic) bond motifs is 1. The van der Waals surface area contributed by atoms with Gasteiger partial charge in [-0.3, -0.25) is 0 Å². The van der Waals surface area contributed by atoms with Crippen molar-refractivity contribution < 1.29 is 17.6 Å². The average Bonchev–Trinajstić information content (AvgIpc) is 3.16. The van der Waals surface area contributed by atoms with Gasteiger partial charge in [0.05, 0.1) is 11.4 Å². The van der Waals surface area contributed by atoms with Crippen LogP contribution in [-0.2, 0) is 10.0 Å². The molecule has 2 heterocycles. The third-order valence-electron chi connectivity index (χ3n) is 4.02. The van der Waals surface area contributed by atoms with Crippen molar-refractivity contribution in [2.24, 2.45) is 0 Å². The minimum atomic E-state index is -3.29. The van der Waals surface area contributed by atoms with Gasteiger partial charge in [0.25, 0.3) is 0 Å². The number of para-hydroxylation sites is 1. The zero-order chi connectivity index (χ0) is 17.2. The molecule has 0 bridgehead atoms. The van der Waals surface area contributed by atoms with E-state index < -0.39 is 16.1 Å². The number of rotatable bonds is 5. The van der Waals surface area contributed by atoms with Crippen LogP contribution in [0.5, 0.6) is 0 Å². The summed E-state index contributed by atoms with van der Waals surface area (Å²) in [5.41, 5.74) is 1.16. The molecule has 1 aromatic carbocycles. The van der Waals surface area contributed by atoms with Crippen LogP contribution in [0.2, 0.25) is 0 Å². The fraction of sp³-hybridized carbons (Fsp3) is 0.438. The molecule has 130 valence electrons. The first-order valence-corrected chi connectivity index (χ1v) is 9.58. The van der Waals surface area contributed by atoms with Crippen LogP contribution in [0.4, 0.5) is 10.5 Å². The summed E-state index contributed by atoms with van der Waals surface area (Å²) in [6.07, 6.45) is 1.80. The predicted octanol–water partition coefficient (Wildman–Crippen LogP) is 2.29. The monoisotopic (exact) mass is 351 g/mol. The van der Waals surface area contributed by atoms with Crippen LogP contribution in [0.25, 0.3) is 11.0 Å². The number of sulfonamides is 1. The molecule has 0 unspecified atom stereocenters. The molecule has 7 nitrogen and oxygen atoms in total. The molecular formula is C16H21N3O4S. The van der Waals surface area contributed by atoms with Crippen molar-refractivity contribution in [1.29, 1.82) is 0 Å². The molecule has 1 aliphatic rings. The van der Waals surface area contributed by atoms with Gasteiger partial charge in [-0.15, -0.1) is 0 Å². The lowest BCUT2D eigenvalue weighted by atomic mass is 10.2. The molecule has 1 aromatic heterocycles. The maximum absolute atomic E-state index is 12.1. The van der Waals surface area contributed by atoms with E-state index >= 15 is 0 Å². The standard InChI is InChI=1S/C16H21N3O4S/c1-12-11-13-5-4-6-14(15(13)23-12)18-16(20)17-7-10-24(21,22)19-8-2-3-9-19/h4-6,11H,2-3,7-10H2,1H3,(H2,17,18,20). The molecule has 0 radical (unpaired) electrons. The summed E-state index contributed by atoms with van der Waals surface area (Å²) in [6, 6.07) is 6.91. The van der Waals surface area contributed by atoms with Gasteiger partial charge in [0.15, 0.2) is 5.58 Å². The number of amides is 2. The molecule has 1 saturated heterocycles. The van der Waals surface area contributed by atoms with Crippen molar-refractivity contribution in [3.63, 3.8) is 0 Å². The number of hydrogen-bond donors (Lipinski definition) is 2. The second-order valence-corrected chi connectivity index (χ2v) is 7.97. The number of hydrogen-bond acceptors (Lipinski definition) is 4.